The number of nitrogens with one attached hydrogen (secondary N) is 1. The van der Waals surface area contributed by atoms with E-state index in [1.54, 1.807) is 0 Å². The minimum Gasteiger partial charge on any atom is -0.307 e. The van der Waals surface area contributed by atoms with Crippen molar-refractivity contribution in [3.05, 3.63) is 34.3 Å². The smallest absolute Gasteiger partial charge is 0.0435 e. The second-order valence-corrected chi connectivity index (χ2v) is 5.26. The van der Waals surface area contributed by atoms with E-state index in [0.717, 1.165) is 17.1 Å². The van der Waals surface area contributed by atoms with E-state index >= 15 is 0 Å². The Labute approximate surface area is 96.8 Å². The molecule has 1 fully saturated rings. The van der Waals surface area contributed by atoms with Crippen molar-refractivity contribution in [3.63, 3.8) is 0 Å². The van der Waals surface area contributed by atoms with Crippen molar-refractivity contribution in [2.75, 3.05) is 0 Å². The second kappa shape index (κ2) is 4.15. The lowest BCUT2D eigenvalue weighted by Gasteiger charge is -2.39. The summed E-state index contributed by atoms with van der Waals surface area (Å²) in [5.41, 5.74) is 2.87. The fourth-order valence-electron chi connectivity index (χ4n) is 2.02. The summed E-state index contributed by atoms with van der Waals surface area (Å²) in [6, 6.07) is 6.25. The summed E-state index contributed by atoms with van der Waals surface area (Å²) in [6.45, 7) is 5.31. The molecule has 0 spiro atoms. The van der Waals surface area contributed by atoms with Crippen LogP contribution in [0.15, 0.2) is 18.2 Å². The van der Waals surface area contributed by atoms with Crippen molar-refractivity contribution >= 4 is 11.6 Å². The van der Waals surface area contributed by atoms with Crippen LogP contribution in [-0.4, -0.2) is 5.54 Å². The number of halogens is 1. The Bertz CT molecular complexity index is 356. The molecule has 82 valence electrons. The molecule has 1 aromatic carbocycles. The molecule has 1 saturated carbocycles. The Hall–Kier alpha value is -0.530. The number of aryl methyl sites for hydroxylation is 1. The number of rotatable bonds is 3. The van der Waals surface area contributed by atoms with Crippen LogP contribution >= 0.6 is 11.6 Å². The minimum atomic E-state index is 0.382. The molecule has 1 N–H and O–H groups in total. The van der Waals surface area contributed by atoms with Gasteiger partial charge < -0.3 is 5.32 Å². The highest BCUT2D eigenvalue weighted by Crippen LogP contribution is 2.31. The van der Waals surface area contributed by atoms with E-state index in [4.69, 9.17) is 11.6 Å². The molecule has 0 atom stereocenters. The van der Waals surface area contributed by atoms with Crippen LogP contribution < -0.4 is 5.32 Å². The quantitative estimate of drug-likeness (QED) is 0.825. The molecule has 0 aromatic heterocycles. The van der Waals surface area contributed by atoms with Gasteiger partial charge in [-0.15, -0.1) is 0 Å². The highest BCUT2D eigenvalue weighted by molar-refractivity contribution is 6.31. The molecular formula is C13H18ClN. The maximum atomic E-state index is 5.99. The normalized spacial score (nSPS) is 18.6. The van der Waals surface area contributed by atoms with Gasteiger partial charge in [0.15, 0.2) is 0 Å². The second-order valence-electron chi connectivity index (χ2n) is 4.85. The van der Waals surface area contributed by atoms with E-state index in [2.05, 4.69) is 31.3 Å². The molecule has 1 aliphatic carbocycles. The van der Waals surface area contributed by atoms with Gasteiger partial charge in [0, 0.05) is 17.1 Å². The van der Waals surface area contributed by atoms with E-state index in [9.17, 15) is 0 Å². The Morgan fingerprint density at radius 3 is 2.67 bits per heavy atom. The summed E-state index contributed by atoms with van der Waals surface area (Å²) in [5, 5.41) is 4.47. The first kappa shape index (κ1) is 11.0. The molecule has 0 unspecified atom stereocenters. The van der Waals surface area contributed by atoms with Gasteiger partial charge in [-0.05, 0) is 50.3 Å². The first-order valence-corrected chi connectivity index (χ1v) is 5.97. The van der Waals surface area contributed by atoms with Crippen molar-refractivity contribution in [1.29, 1.82) is 0 Å². The zero-order chi connectivity index (χ0) is 10.9. The first-order valence-electron chi connectivity index (χ1n) is 5.59. The SMILES string of the molecule is Cc1cc(CNC2(C)CCC2)ccc1Cl. The third-order valence-electron chi connectivity index (χ3n) is 3.40. The summed E-state index contributed by atoms with van der Waals surface area (Å²) >= 11 is 5.99. The molecule has 2 heteroatoms. The van der Waals surface area contributed by atoms with Gasteiger partial charge in [-0.25, -0.2) is 0 Å². The van der Waals surface area contributed by atoms with E-state index in [0.29, 0.717) is 5.54 Å². The molecule has 1 aliphatic rings. The molecule has 0 saturated heterocycles. The molecular weight excluding hydrogens is 206 g/mol. The lowest BCUT2D eigenvalue weighted by atomic mass is 9.78. The zero-order valence-corrected chi connectivity index (χ0v) is 10.2. The fourth-order valence-corrected chi connectivity index (χ4v) is 2.13. The van der Waals surface area contributed by atoms with Crippen LogP contribution in [0, 0.1) is 6.92 Å². The van der Waals surface area contributed by atoms with E-state index in [1.807, 2.05) is 6.07 Å². The van der Waals surface area contributed by atoms with Crippen LogP contribution in [0.4, 0.5) is 0 Å². The molecule has 15 heavy (non-hydrogen) atoms. The molecule has 1 aromatic rings. The van der Waals surface area contributed by atoms with Gasteiger partial charge in [0.05, 0.1) is 0 Å². The molecule has 0 bridgehead atoms. The van der Waals surface area contributed by atoms with Crippen LogP contribution in [0.1, 0.15) is 37.3 Å². The van der Waals surface area contributed by atoms with Gasteiger partial charge in [-0.1, -0.05) is 23.7 Å². The number of hydrogen-bond acceptors (Lipinski definition) is 1. The minimum absolute atomic E-state index is 0.382. The third-order valence-corrected chi connectivity index (χ3v) is 3.82. The fraction of sp³-hybridized carbons (Fsp3) is 0.538. The summed E-state index contributed by atoms with van der Waals surface area (Å²) in [5.74, 6) is 0. The Morgan fingerprint density at radius 2 is 2.13 bits per heavy atom. The maximum absolute atomic E-state index is 5.99. The predicted molar refractivity (Wildman–Crippen MR) is 65.3 cm³/mol. The monoisotopic (exact) mass is 223 g/mol. The van der Waals surface area contributed by atoms with Gasteiger partial charge in [-0.2, -0.15) is 0 Å². The molecule has 1 nitrogen and oxygen atoms in total. The van der Waals surface area contributed by atoms with Crippen LogP contribution in [-0.2, 0) is 6.54 Å². The molecule has 2 rings (SSSR count). The third kappa shape index (κ3) is 2.53. The van der Waals surface area contributed by atoms with Gasteiger partial charge in [0.2, 0.25) is 0 Å². The van der Waals surface area contributed by atoms with Crippen molar-refractivity contribution in [1.82, 2.24) is 5.32 Å². The van der Waals surface area contributed by atoms with Crippen molar-refractivity contribution in [3.8, 4) is 0 Å². The summed E-state index contributed by atoms with van der Waals surface area (Å²) in [6.07, 6.45) is 3.97. The predicted octanol–water partition coefficient (Wildman–Crippen LogP) is 3.68. The standard InChI is InChI=1S/C13H18ClN/c1-10-8-11(4-5-12(10)14)9-15-13(2)6-3-7-13/h4-5,8,15H,3,6-7,9H2,1-2H3. The van der Waals surface area contributed by atoms with Crippen LogP contribution in [0.5, 0.6) is 0 Å². The van der Waals surface area contributed by atoms with Crippen molar-refractivity contribution in [2.45, 2.75) is 45.2 Å². The molecule has 0 amide bonds. The van der Waals surface area contributed by atoms with Crippen molar-refractivity contribution in [2.24, 2.45) is 0 Å². The Balaban J connectivity index is 1.96. The Morgan fingerprint density at radius 1 is 1.40 bits per heavy atom. The lowest BCUT2D eigenvalue weighted by Crippen LogP contribution is -2.47. The van der Waals surface area contributed by atoms with Gasteiger partial charge in [0.25, 0.3) is 0 Å². The number of benzene rings is 1. The van der Waals surface area contributed by atoms with Gasteiger partial charge in [-0.3, -0.25) is 0 Å². The highest BCUT2D eigenvalue weighted by atomic mass is 35.5. The van der Waals surface area contributed by atoms with Crippen molar-refractivity contribution < 1.29 is 0 Å². The topological polar surface area (TPSA) is 12.0 Å². The van der Waals surface area contributed by atoms with E-state index < -0.39 is 0 Å². The summed E-state index contributed by atoms with van der Waals surface area (Å²) in [7, 11) is 0. The summed E-state index contributed by atoms with van der Waals surface area (Å²) in [4.78, 5) is 0. The molecule has 0 heterocycles. The average Bonchev–Trinajstić information content (AvgIpc) is 2.17. The molecule has 0 radical (unpaired) electrons. The zero-order valence-electron chi connectivity index (χ0n) is 9.44. The first-order chi connectivity index (χ1) is 7.09. The van der Waals surface area contributed by atoms with Crippen LogP contribution in [0.2, 0.25) is 5.02 Å². The Kier molecular flexibility index (Phi) is 3.03. The maximum Gasteiger partial charge on any atom is 0.0435 e. The van der Waals surface area contributed by atoms with Crippen LogP contribution in [0.25, 0.3) is 0 Å². The van der Waals surface area contributed by atoms with E-state index in [-0.39, 0.29) is 0 Å². The molecule has 0 aliphatic heterocycles. The average molecular weight is 224 g/mol. The largest absolute Gasteiger partial charge is 0.307 e. The van der Waals surface area contributed by atoms with Gasteiger partial charge in [0.1, 0.15) is 0 Å². The summed E-state index contributed by atoms with van der Waals surface area (Å²) < 4.78 is 0. The highest BCUT2D eigenvalue weighted by Gasteiger charge is 2.30. The number of hydrogen-bond donors (Lipinski definition) is 1. The van der Waals surface area contributed by atoms with Crippen LogP contribution in [0.3, 0.4) is 0 Å². The van der Waals surface area contributed by atoms with E-state index in [1.165, 1.54) is 24.8 Å². The lowest BCUT2D eigenvalue weighted by molar-refractivity contribution is 0.207. The van der Waals surface area contributed by atoms with Gasteiger partial charge >= 0.3 is 0 Å².